The molecule has 3 aliphatic heterocycles. The van der Waals surface area contributed by atoms with Gasteiger partial charge in [-0.15, -0.1) is 0 Å². The van der Waals surface area contributed by atoms with E-state index in [1.807, 2.05) is 23.1 Å². The summed E-state index contributed by atoms with van der Waals surface area (Å²) in [5.74, 6) is 1.16. The van der Waals surface area contributed by atoms with Gasteiger partial charge in [0.15, 0.2) is 26.5 Å². The molecule has 3 heterocycles. The Bertz CT molecular complexity index is 869. The van der Waals surface area contributed by atoms with Gasteiger partial charge in [-0.25, -0.2) is 8.42 Å². The first-order chi connectivity index (χ1) is 12.4. The first-order valence-corrected chi connectivity index (χ1v) is 10.8. The van der Waals surface area contributed by atoms with Crippen LogP contribution in [0.5, 0.6) is 11.5 Å². The lowest BCUT2D eigenvalue weighted by molar-refractivity contribution is -0.121. The van der Waals surface area contributed by atoms with Gasteiger partial charge in [-0.3, -0.25) is 4.79 Å². The highest BCUT2D eigenvalue weighted by molar-refractivity contribution is 8.15. The Morgan fingerprint density at radius 2 is 2.15 bits per heavy atom. The molecular weight excluding hydrogens is 380 g/mol. The van der Waals surface area contributed by atoms with E-state index in [9.17, 15) is 13.2 Å². The largest absolute Gasteiger partial charge is 0.454 e. The molecule has 0 radical (unpaired) electrons. The highest BCUT2D eigenvalue weighted by Gasteiger charge is 2.48. The number of fused-ring (bicyclic) bond motifs is 2. The van der Waals surface area contributed by atoms with Crippen molar-refractivity contribution < 1.29 is 27.4 Å². The normalized spacial score (nSPS) is 27.1. The zero-order valence-electron chi connectivity index (χ0n) is 14.1. The number of amidine groups is 1. The van der Waals surface area contributed by atoms with Crippen molar-refractivity contribution in [3.8, 4) is 11.5 Å². The summed E-state index contributed by atoms with van der Waals surface area (Å²) in [6.07, 6.45) is 0. The van der Waals surface area contributed by atoms with E-state index >= 15 is 0 Å². The number of ether oxygens (including phenoxy) is 3. The maximum Gasteiger partial charge on any atom is 0.274 e. The maximum absolute atomic E-state index is 12.0. The summed E-state index contributed by atoms with van der Waals surface area (Å²) in [5.41, 5.74) is 0.937. The second-order valence-electron chi connectivity index (χ2n) is 6.34. The number of hydrogen-bond acceptors (Lipinski definition) is 7. The van der Waals surface area contributed by atoms with Gasteiger partial charge in [0.1, 0.15) is 6.61 Å². The fourth-order valence-electron chi connectivity index (χ4n) is 3.32. The molecule has 10 heteroatoms. The Hall–Kier alpha value is -1.78. The van der Waals surface area contributed by atoms with Crippen LogP contribution in [0.2, 0.25) is 0 Å². The SMILES string of the molecule is COCC(=O)N=C1SC2CS(=O)(=O)CC2N1Cc1ccc2c(c1)OCO2. The smallest absolute Gasteiger partial charge is 0.274 e. The molecule has 0 aromatic heterocycles. The van der Waals surface area contributed by atoms with Gasteiger partial charge in [0.05, 0.1) is 17.5 Å². The predicted octanol–water partition coefficient (Wildman–Crippen LogP) is 0.659. The van der Waals surface area contributed by atoms with Crippen molar-refractivity contribution in [3.63, 3.8) is 0 Å². The van der Waals surface area contributed by atoms with Crippen molar-refractivity contribution in [2.24, 2.45) is 4.99 Å². The summed E-state index contributed by atoms with van der Waals surface area (Å²) >= 11 is 1.35. The number of amides is 1. The number of thioether (sulfide) groups is 1. The van der Waals surface area contributed by atoms with Gasteiger partial charge in [0.25, 0.3) is 5.91 Å². The molecule has 2 fully saturated rings. The van der Waals surface area contributed by atoms with E-state index in [0.717, 1.165) is 5.56 Å². The van der Waals surface area contributed by atoms with Gasteiger partial charge in [0.2, 0.25) is 6.79 Å². The molecule has 140 valence electrons. The van der Waals surface area contributed by atoms with Gasteiger partial charge in [0, 0.05) is 18.9 Å². The Labute approximate surface area is 155 Å². The maximum atomic E-state index is 12.0. The minimum atomic E-state index is -3.07. The third-order valence-electron chi connectivity index (χ3n) is 4.45. The van der Waals surface area contributed by atoms with Crippen molar-refractivity contribution in [1.82, 2.24) is 4.90 Å². The molecule has 8 nitrogen and oxygen atoms in total. The lowest BCUT2D eigenvalue weighted by Gasteiger charge is -2.24. The van der Waals surface area contributed by atoms with Crippen LogP contribution < -0.4 is 9.47 Å². The van der Waals surface area contributed by atoms with Gasteiger partial charge in [-0.05, 0) is 17.7 Å². The average molecular weight is 398 g/mol. The third kappa shape index (κ3) is 3.40. The van der Waals surface area contributed by atoms with E-state index in [0.29, 0.717) is 23.2 Å². The van der Waals surface area contributed by atoms with Crippen molar-refractivity contribution in [3.05, 3.63) is 23.8 Å². The first kappa shape index (κ1) is 17.6. The van der Waals surface area contributed by atoms with Crippen molar-refractivity contribution in [2.45, 2.75) is 17.8 Å². The van der Waals surface area contributed by atoms with Crippen LogP contribution >= 0.6 is 11.8 Å². The zero-order chi connectivity index (χ0) is 18.3. The standard InChI is InChI=1S/C16H18N2O6S2/c1-22-6-15(19)17-16-18(11-7-26(20,21)8-14(11)25-16)5-10-2-3-12-13(4-10)24-9-23-12/h2-4,11,14H,5-9H2,1H3. The number of rotatable bonds is 4. The molecule has 2 unspecified atom stereocenters. The Balaban J connectivity index is 1.61. The van der Waals surface area contributed by atoms with Gasteiger partial charge < -0.3 is 19.1 Å². The third-order valence-corrected chi connectivity index (χ3v) is 7.70. The zero-order valence-corrected chi connectivity index (χ0v) is 15.7. The number of carbonyl (C=O) groups is 1. The second-order valence-corrected chi connectivity index (χ2v) is 9.70. The number of methoxy groups -OCH3 is 1. The predicted molar refractivity (Wildman–Crippen MR) is 96.2 cm³/mol. The number of nitrogens with zero attached hydrogens (tertiary/aromatic N) is 2. The van der Waals surface area contributed by atoms with Crippen LogP contribution in [0.25, 0.3) is 0 Å². The molecule has 0 spiro atoms. The molecule has 0 saturated carbocycles. The van der Waals surface area contributed by atoms with Crippen LogP contribution in [-0.2, 0) is 25.9 Å². The van der Waals surface area contributed by atoms with Gasteiger partial charge in [-0.1, -0.05) is 17.8 Å². The van der Waals surface area contributed by atoms with Gasteiger partial charge >= 0.3 is 0 Å². The number of benzene rings is 1. The van der Waals surface area contributed by atoms with E-state index in [1.54, 1.807) is 0 Å². The second kappa shape index (κ2) is 6.75. The quantitative estimate of drug-likeness (QED) is 0.730. The van der Waals surface area contributed by atoms with Crippen LogP contribution in [0, 0.1) is 0 Å². The number of sulfone groups is 1. The highest BCUT2D eigenvalue weighted by Crippen LogP contribution is 2.40. The van der Waals surface area contributed by atoms with Crippen LogP contribution in [0.4, 0.5) is 0 Å². The molecule has 0 aliphatic carbocycles. The molecule has 2 atom stereocenters. The van der Waals surface area contributed by atoms with E-state index in [2.05, 4.69) is 4.99 Å². The lowest BCUT2D eigenvalue weighted by Crippen LogP contribution is -2.37. The number of hydrogen-bond donors (Lipinski definition) is 0. The minimum absolute atomic E-state index is 0.0761. The van der Waals surface area contributed by atoms with E-state index in [4.69, 9.17) is 14.2 Å². The van der Waals surface area contributed by atoms with E-state index in [-0.39, 0.29) is 42.1 Å². The summed E-state index contributed by atoms with van der Waals surface area (Å²) in [6.45, 7) is 0.536. The Kier molecular flexibility index (Phi) is 4.57. The fraction of sp³-hybridized carbons (Fsp3) is 0.500. The summed E-state index contributed by atoms with van der Waals surface area (Å²) in [4.78, 5) is 17.9. The van der Waals surface area contributed by atoms with Crippen molar-refractivity contribution >= 4 is 32.7 Å². The van der Waals surface area contributed by atoms with Crippen LogP contribution in [0.1, 0.15) is 5.56 Å². The van der Waals surface area contributed by atoms with Crippen LogP contribution in [0.15, 0.2) is 23.2 Å². The molecule has 1 amide bonds. The topological polar surface area (TPSA) is 94.5 Å². The monoisotopic (exact) mass is 398 g/mol. The molecule has 1 aromatic carbocycles. The van der Waals surface area contributed by atoms with Crippen molar-refractivity contribution in [2.75, 3.05) is 32.0 Å². The molecule has 1 aromatic rings. The molecule has 2 saturated heterocycles. The van der Waals surface area contributed by atoms with E-state index in [1.165, 1.54) is 18.9 Å². The summed E-state index contributed by atoms with van der Waals surface area (Å²) in [7, 11) is -1.64. The summed E-state index contributed by atoms with van der Waals surface area (Å²) in [6, 6.07) is 5.42. The number of aliphatic imine (C=N–C) groups is 1. The average Bonchev–Trinajstić information content (AvgIpc) is 3.22. The molecule has 0 bridgehead atoms. The van der Waals surface area contributed by atoms with Gasteiger partial charge in [-0.2, -0.15) is 4.99 Å². The highest BCUT2D eigenvalue weighted by atomic mass is 32.2. The number of carbonyl (C=O) groups excluding carboxylic acids is 1. The fourth-order valence-corrected chi connectivity index (χ4v) is 7.29. The Morgan fingerprint density at radius 1 is 1.35 bits per heavy atom. The molecule has 3 aliphatic rings. The molecule has 26 heavy (non-hydrogen) atoms. The summed E-state index contributed by atoms with van der Waals surface area (Å²) < 4.78 is 39.6. The molecular formula is C16H18N2O6S2. The lowest BCUT2D eigenvalue weighted by atomic mass is 10.1. The van der Waals surface area contributed by atoms with Crippen LogP contribution in [-0.4, -0.2) is 67.7 Å². The summed E-state index contributed by atoms with van der Waals surface area (Å²) in [5, 5.41) is 0.442. The molecule has 0 N–H and O–H groups in total. The minimum Gasteiger partial charge on any atom is -0.454 e. The van der Waals surface area contributed by atoms with E-state index < -0.39 is 9.84 Å². The van der Waals surface area contributed by atoms with Crippen molar-refractivity contribution in [1.29, 1.82) is 0 Å². The van der Waals surface area contributed by atoms with Crippen LogP contribution in [0.3, 0.4) is 0 Å². The first-order valence-electron chi connectivity index (χ1n) is 8.08. The Morgan fingerprint density at radius 3 is 2.96 bits per heavy atom. The molecule has 4 rings (SSSR count).